The minimum Gasteiger partial charge on any atom is -0.406 e. The second-order valence-electron chi connectivity index (χ2n) is 5.46. The fraction of sp³-hybridized carbons (Fsp3) is 0.400. The van der Waals surface area contributed by atoms with E-state index in [-0.39, 0.29) is 24.2 Å². The molecule has 1 heterocycles. The van der Waals surface area contributed by atoms with E-state index < -0.39 is 12.3 Å². The summed E-state index contributed by atoms with van der Waals surface area (Å²) in [7, 11) is 1.64. The normalized spacial score (nSPS) is 11.6. The van der Waals surface area contributed by atoms with Gasteiger partial charge in [0.1, 0.15) is 12.1 Å². The third-order valence-electron chi connectivity index (χ3n) is 3.16. The number of nitrogens with zero attached hydrogens (tertiary/aromatic N) is 4. The Balaban J connectivity index is 2.19. The highest BCUT2D eigenvalue weighted by atomic mass is 19.4. The van der Waals surface area contributed by atoms with Crippen molar-refractivity contribution in [1.29, 1.82) is 0 Å². The van der Waals surface area contributed by atoms with Crippen LogP contribution in [0.4, 0.5) is 13.2 Å². The molecule has 1 aromatic carbocycles. The Hall–Kier alpha value is -2.58. The van der Waals surface area contributed by atoms with Crippen molar-refractivity contribution in [3.8, 4) is 5.75 Å². The maximum atomic E-state index is 12.5. The molecule has 0 aliphatic heterocycles. The molecule has 0 unspecified atom stereocenters. The van der Waals surface area contributed by atoms with Gasteiger partial charge in [-0.3, -0.25) is 9.48 Å². The van der Waals surface area contributed by atoms with Gasteiger partial charge in [0.15, 0.2) is 0 Å². The van der Waals surface area contributed by atoms with E-state index in [1.165, 1.54) is 34.1 Å². The number of amides is 1. The van der Waals surface area contributed by atoms with Crippen molar-refractivity contribution in [2.75, 3.05) is 0 Å². The third kappa shape index (κ3) is 4.71. The quantitative estimate of drug-likeness (QED) is 0.838. The van der Waals surface area contributed by atoms with E-state index in [2.05, 4.69) is 14.8 Å². The first-order valence-corrected chi connectivity index (χ1v) is 7.17. The van der Waals surface area contributed by atoms with Gasteiger partial charge in [-0.15, -0.1) is 18.3 Å². The first-order valence-electron chi connectivity index (χ1n) is 7.17. The molecule has 2 aromatic rings. The minimum atomic E-state index is -4.76. The number of rotatable bonds is 5. The number of carbonyl (C=O) groups is 1. The van der Waals surface area contributed by atoms with Gasteiger partial charge in [-0.1, -0.05) is 12.1 Å². The number of benzene rings is 1. The van der Waals surface area contributed by atoms with E-state index in [0.717, 1.165) is 0 Å². The lowest BCUT2D eigenvalue weighted by Crippen LogP contribution is -2.37. The summed E-state index contributed by atoms with van der Waals surface area (Å²) in [6.07, 6.45) is -3.35. The number of ether oxygens (including phenoxy) is 1. The summed E-state index contributed by atoms with van der Waals surface area (Å²) in [4.78, 5) is 17.9. The van der Waals surface area contributed by atoms with Crippen molar-refractivity contribution < 1.29 is 22.7 Å². The molecule has 0 radical (unpaired) electrons. The molecule has 1 amide bonds. The molecule has 0 aliphatic rings. The second-order valence-corrected chi connectivity index (χ2v) is 5.46. The van der Waals surface area contributed by atoms with Crippen molar-refractivity contribution >= 4 is 5.91 Å². The van der Waals surface area contributed by atoms with Crippen LogP contribution in [-0.4, -0.2) is 38.0 Å². The molecule has 0 saturated heterocycles. The zero-order valence-electron chi connectivity index (χ0n) is 13.4. The van der Waals surface area contributed by atoms with Gasteiger partial charge in [-0.05, 0) is 31.5 Å². The fourth-order valence-corrected chi connectivity index (χ4v) is 2.09. The van der Waals surface area contributed by atoms with Gasteiger partial charge in [0.2, 0.25) is 5.82 Å². The maximum Gasteiger partial charge on any atom is 0.573 e. The Morgan fingerprint density at radius 3 is 2.62 bits per heavy atom. The number of aromatic nitrogens is 3. The largest absolute Gasteiger partial charge is 0.573 e. The highest BCUT2D eigenvalue weighted by molar-refractivity contribution is 5.90. The molecule has 6 nitrogen and oxygen atoms in total. The average molecular weight is 342 g/mol. The standard InChI is InChI=1S/C15H17F3N4O2/c1-10(2)22(14(23)13-19-9-21(3)20-13)8-11-5-4-6-12(7-11)24-15(16,17)18/h4-7,9-10H,8H2,1-3H3. The summed E-state index contributed by atoms with van der Waals surface area (Å²) in [5.41, 5.74) is 0.509. The van der Waals surface area contributed by atoms with Crippen molar-refractivity contribution in [3.63, 3.8) is 0 Å². The first-order chi connectivity index (χ1) is 11.2. The zero-order chi connectivity index (χ0) is 17.9. The summed E-state index contributed by atoms with van der Waals surface area (Å²) in [6, 6.07) is 5.34. The van der Waals surface area contributed by atoms with Crippen LogP contribution in [0.3, 0.4) is 0 Å². The molecule has 0 saturated carbocycles. The zero-order valence-corrected chi connectivity index (χ0v) is 13.4. The molecule has 9 heteroatoms. The lowest BCUT2D eigenvalue weighted by atomic mass is 10.1. The topological polar surface area (TPSA) is 60.2 Å². The van der Waals surface area contributed by atoms with Crippen molar-refractivity contribution in [2.24, 2.45) is 7.05 Å². The predicted octanol–water partition coefficient (Wildman–Crippen LogP) is 2.76. The summed E-state index contributed by atoms with van der Waals surface area (Å²) >= 11 is 0. The van der Waals surface area contributed by atoms with Crippen LogP contribution in [0.1, 0.15) is 30.0 Å². The Morgan fingerprint density at radius 1 is 1.38 bits per heavy atom. The highest BCUT2D eigenvalue weighted by Gasteiger charge is 2.31. The van der Waals surface area contributed by atoms with E-state index in [1.54, 1.807) is 27.0 Å². The van der Waals surface area contributed by atoms with Crippen LogP contribution in [0, 0.1) is 0 Å². The van der Waals surface area contributed by atoms with Gasteiger partial charge in [0.25, 0.3) is 5.91 Å². The van der Waals surface area contributed by atoms with Gasteiger partial charge >= 0.3 is 6.36 Å². The van der Waals surface area contributed by atoms with Gasteiger partial charge in [0.05, 0.1) is 0 Å². The van der Waals surface area contributed by atoms with E-state index >= 15 is 0 Å². The van der Waals surface area contributed by atoms with Crippen molar-refractivity contribution in [3.05, 3.63) is 42.0 Å². The van der Waals surface area contributed by atoms with Crippen LogP contribution in [0.25, 0.3) is 0 Å². The summed E-state index contributed by atoms with van der Waals surface area (Å²) < 4.78 is 42.2. The molecular weight excluding hydrogens is 325 g/mol. The lowest BCUT2D eigenvalue weighted by molar-refractivity contribution is -0.274. The van der Waals surface area contributed by atoms with E-state index in [9.17, 15) is 18.0 Å². The highest BCUT2D eigenvalue weighted by Crippen LogP contribution is 2.24. The number of aryl methyl sites for hydroxylation is 1. The molecule has 2 rings (SSSR count). The fourth-order valence-electron chi connectivity index (χ4n) is 2.09. The maximum absolute atomic E-state index is 12.5. The molecule has 0 N–H and O–H groups in total. The van der Waals surface area contributed by atoms with Crippen LogP contribution in [-0.2, 0) is 13.6 Å². The van der Waals surface area contributed by atoms with Crippen LogP contribution in [0.5, 0.6) is 5.75 Å². The first kappa shape index (κ1) is 17.8. The monoisotopic (exact) mass is 342 g/mol. The van der Waals surface area contributed by atoms with E-state index in [4.69, 9.17) is 0 Å². The van der Waals surface area contributed by atoms with Gasteiger partial charge < -0.3 is 9.64 Å². The lowest BCUT2D eigenvalue weighted by Gasteiger charge is -2.25. The van der Waals surface area contributed by atoms with Gasteiger partial charge in [0, 0.05) is 19.6 Å². The summed E-state index contributed by atoms with van der Waals surface area (Å²) in [5.74, 6) is -0.686. The van der Waals surface area contributed by atoms with Crippen LogP contribution in [0.2, 0.25) is 0 Å². The molecule has 0 spiro atoms. The minimum absolute atomic E-state index is 0.0360. The Kier molecular flexibility index (Phi) is 5.10. The molecule has 130 valence electrons. The predicted molar refractivity (Wildman–Crippen MR) is 79.1 cm³/mol. The number of carbonyl (C=O) groups excluding carboxylic acids is 1. The van der Waals surface area contributed by atoms with Gasteiger partial charge in [-0.2, -0.15) is 0 Å². The van der Waals surface area contributed by atoms with E-state index in [1.807, 2.05) is 0 Å². The summed E-state index contributed by atoms with van der Waals surface area (Å²) in [5, 5.41) is 3.96. The second kappa shape index (κ2) is 6.90. The van der Waals surface area contributed by atoms with Crippen LogP contribution < -0.4 is 4.74 Å². The van der Waals surface area contributed by atoms with Crippen molar-refractivity contribution in [1.82, 2.24) is 19.7 Å². The number of hydrogen-bond acceptors (Lipinski definition) is 4. The molecule has 0 fully saturated rings. The molecule has 0 bridgehead atoms. The van der Waals surface area contributed by atoms with Crippen molar-refractivity contribution in [2.45, 2.75) is 32.8 Å². The number of halogens is 3. The Morgan fingerprint density at radius 2 is 2.08 bits per heavy atom. The van der Waals surface area contributed by atoms with Crippen LogP contribution >= 0.6 is 0 Å². The van der Waals surface area contributed by atoms with E-state index in [0.29, 0.717) is 5.56 Å². The molecule has 0 aliphatic carbocycles. The molecule has 24 heavy (non-hydrogen) atoms. The molecular formula is C15H17F3N4O2. The smallest absolute Gasteiger partial charge is 0.406 e. The number of hydrogen-bond donors (Lipinski definition) is 0. The molecule has 1 aromatic heterocycles. The Labute approximate surface area is 136 Å². The van der Waals surface area contributed by atoms with Crippen LogP contribution in [0.15, 0.2) is 30.6 Å². The Bertz CT molecular complexity index is 713. The SMILES string of the molecule is CC(C)N(Cc1cccc(OC(F)(F)F)c1)C(=O)c1ncn(C)n1. The molecule has 0 atom stereocenters. The van der Waals surface area contributed by atoms with Gasteiger partial charge in [-0.25, -0.2) is 4.98 Å². The summed E-state index contributed by atoms with van der Waals surface area (Å²) in [6.45, 7) is 3.72. The third-order valence-corrected chi connectivity index (χ3v) is 3.16. The number of alkyl halides is 3. The average Bonchev–Trinajstić information content (AvgIpc) is 2.89.